The highest BCUT2D eigenvalue weighted by atomic mass is 16.5. The second-order valence-corrected chi connectivity index (χ2v) is 15.3. The van der Waals surface area contributed by atoms with Gasteiger partial charge in [-0.2, -0.15) is 0 Å². The number of hydrogen-bond acceptors (Lipinski definition) is 4. The van der Waals surface area contributed by atoms with E-state index in [1.165, 1.54) is 58.1 Å². The molecule has 4 aliphatic rings. The molecule has 0 saturated heterocycles. The third kappa shape index (κ3) is 5.93. The number of aromatic hydroxyl groups is 1. The predicted octanol–water partition coefficient (Wildman–Crippen LogP) is 9.61. The quantitative estimate of drug-likeness (QED) is 0.181. The van der Waals surface area contributed by atoms with Crippen LogP contribution in [0.25, 0.3) is 6.08 Å². The Balaban J connectivity index is 1.21. The molecular weight excluding hydrogens is 520 g/mol. The first kappa shape index (κ1) is 31.2. The van der Waals surface area contributed by atoms with E-state index in [2.05, 4.69) is 47.6 Å². The number of rotatable bonds is 9. The Bertz CT molecular complexity index is 1180. The Hall–Kier alpha value is -2.23. The van der Waals surface area contributed by atoms with Crippen LogP contribution < -0.4 is 4.74 Å². The number of phenols is 1. The predicted molar refractivity (Wildman–Crippen MR) is 171 cm³/mol. The molecule has 9 atom stereocenters. The first-order valence-electron chi connectivity index (χ1n) is 16.9. The van der Waals surface area contributed by atoms with Crippen molar-refractivity contribution in [1.29, 1.82) is 0 Å². The molecule has 3 fully saturated rings. The zero-order chi connectivity index (χ0) is 30.2. The molecule has 0 bridgehead atoms. The van der Waals surface area contributed by atoms with Crippen LogP contribution >= 0.6 is 0 Å². The summed E-state index contributed by atoms with van der Waals surface area (Å²) < 4.78 is 11.1. The maximum absolute atomic E-state index is 12.7. The van der Waals surface area contributed by atoms with Gasteiger partial charge in [-0.1, -0.05) is 72.1 Å². The summed E-state index contributed by atoms with van der Waals surface area (Å²) in [6.07, 6.45) is 18.3. The minimum Gasteiger partial charge on any atom is -0.504 e. The monoisotopic (exact) mass is 576 g/mol. The Morgan fingerprint density at radius 1 is 1.05 bits per heavy atom. The molecule has 3 saturated carbocycles. The maximum atomic E-state index is 12.7. The lowest BCUT2D eigenvalue weighted by Crippen LogP contribution is -2.51. The molecule has 0 unspecified atom stereocenters. The molecule has 1 N–H and O–H groups in total. The molecular formula is C38H56O4. The average molecular weight is 577 g/mol. The highest BCUT2D eigenvalue weighted by molar-refractivity contribution is 5.87. The van der Waals surface area contributed by atoms with E-state index in [-0.39, 0.29) is 23.2 Å². The fourth-order valence-corrected chi connectivity index (χ4v) is 9.93. The number of phenolic OH excluding ortho intramolecular Hbond substituents is 1. The molecule has 42 heavy (non-hydrogen) atoms. The van der Waals surface area contributed by atoms with E-state index in [1.807, 2.05) is 0 Å². The van der Waals surface area contributed by atoms with E-state index in [9.17, 15) is 9.90 Å². The van der Waals surface area contributed by atoms with Crippen LogP contribution in [0, 0.1) is 52.3 Å². The van der Waals surface area contributed by atoms with Crippen molar-refractivity contribution in [2.45, 2.75) is 112 Å². The van der Waals surface area contributed by atoms with Gasteiger partial charge >= 0.3 is 5.97 Å². The van der Waals surface area contributed by atoms with Gasteiger partial charge in [-0.3, -0.25) is 0 Å². The SMILES string of the molecule is COc1cc(/C=C\C(=O)O[C@H]2CC[C@@]3(C)C(=CC[C@H]4[C@@H]5CC[C@H]([C@H](C)CC[C@H](C)C(C)C)[C@@]5(C)CC[C@@H]43)C2)ccc1O. The average Bonchev–Trinajstić information content (AvgIpc) is 3.32. The second kappa shape index (κ2) is 12.4. The molecule has 232 valence electrons. The fraction of sp³-hybridized carbons (Fsp3) is 0.711. The van der Waals surface area contributed by atoms with Crippen LogP contribution in [-0.2, 0) is 9.53 Å². The number of fused-ring (bicyclic) bond motifs is 5. The number of hydrogen-bond donors (Lipinski definition) is 1. The Kier molecular flexibility index (Phi) is 9.22. The summed E-state index contributed by atoms with van der Waals surface area (Å²) >= 11 is 0. The lowest BCUT2D eigenvalue weighted by atomic mass is 9.47. The smallest absolute Gasteiger partial charge is 0.331 e. The molecule has 0 aromatic heterocycles. The molecule has 5 rings (SSSR count). The van der Waals surface area contributed by atoms with Crippen LogP contribution in [0.4, 0.5) is 0 Å². The molecule has 4 nitrogen and oxygen atoms in total. The molecule has 0 aliphatic heterocycles. The molecule has 0 radical (unpaired) electrons. The lowest BCUT2D eigenvalue weighted by Gasteiger charge is -2.58. The summed E-state index contributed by atoms with van der Waals surface area (Å²) in [7, 11) is 1.52. The Labute approximate surface area is 255 Å². The number of esters is 1. The normalized spacial score (nSPS) is 35.6. The molecule has 1 aromatic rings. The van der Waals surface area contributed by atoms with Gasteiger partial charge in [0.1, 0.15) is 6.10 Å². The number of benzene rings is 1. The minimum absolute atomic E-state index is 0.0498. The van der Waals surface area contributed by atoms with Crippen LogP contribution in [0.2, 0.25) is 0 Å². The molecule has 0 spiro atoms. The number of carbonyl (C=O) groups is 1. The van der Waals surface area contributed by atoms with Crippen molar-refractivity contribution in [2.24, 2.45) is 52.3 Å². The van der Waals surface area contributed by atoms with E-state index in [4.69, 9.17) is 9.47 Å². The number of ether oxygens (including phenoxy) is 2. The third-order valence-electron chi connectivity index (χ3n) is 12.9. The molecule has 4 aliphatic carbocycles. The largest absolute Gasteiger partial charge is 0.504 e. The van der Waals surface area contributed by atoms with Crippen LogP contribution in [-0.4, -0.2) is 24.3 Å². The van der Waals surface area contributed by atoms with E-state index >= 15 is 0 Å². The van der Waals surface area contributed by atoms with Gasteiger partial charge in [0.2, 0.25) is 0 Å². The van der Waals surface area contributed by atoms with E-state index in [0.717, 1.165) is 66.3 Å². The van der Waals surface area contributed by atoms with Gasteiger partial charge in [-0.05, 0) is 121 Å². The van der Waals surface area contributed by atoms with E-state index in [0.29, 0.717) is 11.2 Å². The van der Waals surface area contributed by atoms with Crippen LogP contribution in [0.5, 0.6) is 11.5 Å². The van der Waals surface area contributed by atoms with Crippen LogP contribution in [0.15, 0.2) is 35.9 Å². The van der Waals surface area contributed by atoms with Gasteiger partial charge in [-0.25, -0.2) is 4.79 Å². The van der Waals surface area contributed by atoms with E-state index in [1.54, 1.807) is 29.8 Å². The second-order valence-electron chi connectivity index (χ2n) is 15.3. The summed E-state index contributed by atoms with van der Waals surface area (Å²) in [5.41, 5.74) is 3.09. The van der Waals surface area contributed by atoms with Gasteiger partial charge in [0.05, 0.1) is 7.11 Å². The maximum Gasteiger partial charge on any atom is 0.331 e. The topological polar surface area (TPSA) is 55.8 Å². The molecule has 4 heteroatoms. The lowest BCUT2D eigenvalue weighted by molar-refractivity contribution is -0.145. The Morgan fingerprint density at radius 2 is 1.83 bits per heavy atom. The van der Waals surface area contributed by atoms with Crippen molar-refractivity contribution >= 4 is 12.0 Å². The van der Waals surface area contributed by atoms with Crippen molar-refractivity contribution in [2.75, 3.05) is 7.11 Å². The highest BCUT2D eigenvalue weighted by Crippen LogP contribution is 2.67. The van der Waals surface area contributed by atoms with Gasteiger partial charge < -0.3 is 14.6 Å². The van der Waals surface area contributed by atoms with E-state index < -0.39 is 0 Å². The van der Waals surface area contributed by atoms with Gasteiger partial charge in [0.25, 0.3) is 0 Å². The third-order valence-corrected chi connectivity index (χ3v) is 12.9. The molecule has 0 heterocycles. The Morgan fingerprint density at radius 3 is 2.57 bits per heavy atom. The first-order chi connectivity index (χ1) is 20.0. The van der Waals surface area contributed by atoms with Gasteiger partial charge in [-0.15, -0.1) is 0 Å². The molecule has 1 aromatic carbocycles. The number of methoxy groups -OCH3 is 1. The fourth-order valence-electron chi connectivity index (χ4n) is 9.93. The number of carbonyl (C=O) groups excluding carboxylic acids is 1. The van der Waals surface area contributed by atoms with Crippen molar-refractivity contribution in [3.63, 3.8) is 0 Å². The summed E-state index contributed by atoms with van der Waals surface area (Å²) in [6, 6.07) is 5.04. The zero-order valence-corrected chi connectivity index (χ0v) is 27.3. The summed E-state index contributed by atoms with van der Waals surface area (Å²) in [5.74, 6) is 5.94. The molecule has 0 amide bonds. The minimum atomic E-state index is -0.299. The van der Waals surface area contributed by atoms with Crippen molar-refractivity contribution in [1.82, 2.24) is 0 Å². The first-order valence-corrected chi connectivity index (χ1v) is 16.9. The zero-order valence-electron chi connectivity index (χ0n) is 27.3. The summed E-state index contributed by atoms with van der Waals surface area (Å²) in [6.45, 7) is 15.0. The van der Waals surface area contributed by atoms with Crippen molar-refractivity contribution in [3.8, 4) is 11.5 Å². The summed E-state index contributed by atoms with van der Waals surface area (Å²) in [4.78, 5) is 12.7. The van der Waals surface area contributed by atoms with Gasteiger partial charge in [0.15, 0.2) is 11.5 Å². The number of allylic oxidation sites excluding steroid dienone is 1. The van der Waals surface area contributed by atoms with Crippen LogP contribution in [0.1, 0.15) is 111 Å². The van der Waals surface area contributed by atoms with Crippen molar-refractivity contribution in [3.05, 3.63) is 41.5 Å². The summed E-state index contributed by atoms with van der Waals surface area (Å²) in [5, 5.41) is 9.81. The van der Waals surface area contributed by atoms with Crippen molar-refractivity contribution < 1.29 is 19.4 Å². The van der Waals surface area contributed by atoms with Crippen LogP contribution in [0.3, 0.4) is 0 Å². The standard InChI is InChI=1S/C38H56O4/c1-24(2)25(3)8-9-26(4)31-14-15-32-30-13-12-28-23-29(18-20-37(28,5)33(30)19-21-38(31,32)6)42-36(40)17-11-27-10-16-34(39)35(22-27)41-7/h10-12,16-17,22,24-26,29-33,39H,8-9,13-15,18-21,23H2,1-7H3/b17-11-/t25-,26+,29-,30-,31+,32-,33-,37-,38+/m0/s1. The highest BCUT2D eigenvalue weighted by Gasteiger charge is 2.59. The van der Waals surface area contributed by atoms with Gasteiger partial charge in [0, 0.05) is 12.5 Å².